The third kappa shape index (κ3) is 5.71. The van der Waals surface area contributed by atoms with Gasteiger partial charge in [0.2, 0.25) is 4.90 Å². The Kier molecular flexibility index (Phi) is 8.29. The summed E-state index contributed by atoms with van der Waals surface area (Å²) in [5.74, 6) is -0.769. The van der Waals surface area contributed by atoms with Gasteiger partial charge in [0.05, 0.1) is 50.3 Å². The van der Waals surface area contributed by atoms with Crippen LogP contribution in [0.3, 0.4) is 0 Å². The van der Waals surface area contributed by atoms with Gasteiger partial charge < -0.3 is 24.7 Å². The molecule has 1 aliphatic heterocycles. The van der Waals surface area contributed by atoms with E-state index in [1.165, 1.54) is 23.5 Å². The number of hydrogen-bond acceptors (Lipinski definition) is 7. The van der Waals surface area contributed by atoms with Crippen molar-refractivity contribution in [3.63, 3.8) is 0 Å². The number of ether oxygens (including phenoxy) is 2. The molecular weight excluding hydrogens is 529 g/mol. The molecule has 11 heteroatoms. The molecule has 3 aromatic rings. The van der Waals surface area contributed by atoms with Crippen molar-refractivity contribution in [3.8, 4) is 5.75 Å². The van der Waals surface area contributed by atoms with Gasteiger partial charge in [-0.1, -0.05) is 0 Å². The Hall–Kier alpha value is -2.96. The van der Waals surface area contributed by atoms with Gasteiger partial charge in [0.15, 0.2) is 5.82 Å². The summed E-state index contributed by atoms with van der Waals surface area (Å²) in [6, 6.07) is 10.9. The van der Waals surface area contributed by atoms with Crippen LogP contribution in [0.25, 0.3) is 0 Å². The Balaban J connectivity index is 1.39. The molecule has 1 atom stereocenters. The van der Waals surface area contributed by atoms with Crippen LogP contribution >= 0.6 is 11.3 Å². The van der Waals surface area contributed by atoms with Crippen molar-refractivity contribution in [1.82, 2.24) is 4.31 Å². The zero-order valence-corrected chi connectivity index (χ0v) is 22.5. The number of rotatable bonds is 7. The van der Waals surface area contributed by atoms with Crippen LogP contribution in [0.2, 0.25) is 0 Å². The van der Waals surface area contributed by atoms with Crippen molar-refractivity contribution >= 4 is 45.2 Å². The number of carbonyl (C=O) groups is 2. The summed E-state index contributed by atoms with van der Waals surface area (Å²) < 4.78 is 39.7. The second kappa shape index (κ2) is 11.8. The van der Waals surface area contributed by atoms with Crippen LogP contribution in [0.5, 0.6) is 5.75 Å². The average Bonchev–Trinajstić information content (AvgIpc) is 3.31. The maximum absolute atomic E-state index is 14.6. The first-order valence-corrected chi connectivity index (χ1v) is 14.3. The molecule has 8 nitrogen and oxygen atoms in total. The van der Waals surface area contributed by atoms with Crippen LogP contribution < -0.4 is 15.4 Å². The molecule has 0 saturated carbocycles. The monoisotopic (exact) mass is 557 g/mol. The number of benzene rings is 2. The third-order valence-corrected chi connectivity index (χ3v) is 9.29. The van der Waals surface area contributed by atoms with Crippen molar-refractivity contribution in [1.29, 1.82) is 0 Å². The Labute approximate surface area is 227 Å². The molecule has 5 rings (SSSR count). The molecular formula is C27H28FN3O5S2. The predicted octanol–water partition coefficient (Wildman–Crippen LogP) is 4.63. The summed E-state index contributed by atoms with van der Waals surface area (Å²) in [4.78, 5) is 27.7. The quantitative estimate of drug-likeness (QED) is 0.411. The van der Waals surface area contributed by atoms with E-state index in [2.05, 4.69) is 10.6 Å². The van der Waals surface area contributed by atoms with Crippen LogP contribution in [0.15, 0.2) is 47.4 Å². The molecule has 1 saturated heterocycles. The smallest absolute Gasteiger partial charge is 0.258 e. The Morgan fingerprint density at radius 2 is 1.79 bits per heavy atom. The third-order valence-electron chi connectivity index (χ3n) is 6.56. The lowest BCUT2D eigenvalue weighted by atomic mass is 9.95. The highest BCUT2D eigenvalue weighted by Crippen LogP contribution is 2.39. The highest BCUT2D eigenvalue weighted by atomic mass is 32.2. The van der Waals surface area contributed by atoms with E-state index in [4.69, 9.17) is 9.47 Å². The SMILES string of the molecule is COc1ccc(NC(=O)c2c(NC(=O)c3ccc(F)c([S+]([O-])N4CCOCC4)c3)sc3c2CCCC3)cc1. The van der Waals surface area contributed by atoms with Gasteiger partial charge in [0.1, 0.15) is 10.8 Å². The first-order chi connectivity index (χ1) is 18.4. The van der Waals surface area contributed by atoms with Crippen LogP contribution in [-0.4, -0.2) is 54.1 Å². The normalized spacial score (nSPS) is 16.4. The van der Waals surface area contributed by atoms with Gasteiger partial charge in [-0.15, -0.1) is 15.6 Å². The van der Waals surface area contributed by atoms with Gasteiger partial charge in [-0.3, -0.25) is 9.59 Å². The Morgan fingerprint density at radius 1 is 1.05 bits per heavy atom. The van der Waals surface area contributed by atoms with Crippen molar-refractivity contribution in [2.45, 2.75) is 30.6 Å². The lowest BCUT2D eigenvalue weighted by molar-refractivity contribution is 0.0729. The van der Waals surface area contributed by atoms with E-state index >= 15 is 0 Å². The van der Waals surface area contributed by atoms with E-state index in [1.54, 1.807) is 35.7 Å². The molecule has 0 spiro atoms. The summed E-state index contributed by atoms with van der Waals surface area (Å²) in [5, 5.41) is 6.25. The number of hydrogen-bond donors (Lipinski definition) is 2. The largest absolute Gasteiger partial charge is 0.593 e. The molecule has 0 radical (unpaired) electrons. The number of methoxy groups -OCH3 is 1. The minimum Gasteiger partial charge on any atom is -0.593 e. The maximum Gasteiger partial charge on any atom is 0.258 e. The molecule has 2 aromatic carbocycles. The van der Waals surface area contributed by atoms with Gasteiger partial charge in [-0.05, 0) is 67.6 Å². The van der Waals surface area contributed by atoms with Crippen LogP contribution in [0.1, 0.15) is 44.0 Å². The first-order valence-electron chi connectivity index (χ1n) is 12.4. The summed E-state index contributed by atoms with van der Waals surface area (Å²) in [5.41, 5.74) is 2.18. The number of halogens is 1. The number of anilines is 2. The number of nitrogens with zero attached hydrogens (tertiary/aromatic N) is 1. The summed E-state index contributed by atoms with van der Waals surface area (Å²) in [6.45, 7) is 1.65. The van der Waals surface area contributed by atoms with E-state index in [0.29, 0.717) is 48.3 Å². The lowest BCUT2D eigenvalue weighted by Crippen LogP contribution is -2.41. The number of morpholine rings is 1. The number of carbonyl (C=O) groups excluding carboxylic acids is 2. The Bertz CT molecular complexity index is 1320. The molecule has 2 aliphatic rings. The predicted molar refractivity (Wildman–Crippen MR) is 145 cm³/mol. The van der Waals surface area contributed by atoms with Crippen molar-refractivity contribution < 1.29 is 28.0 Å². The second-order valence-corrected chi connectivity index (χ2v) is 11.5. The van der Waals surface area contributed by atoms with Gasteiger partial charge in [0.25, 0.3) is 11.8 Å². The molecule has 38 heavy (non-hydrogen) atoms. The van der Waals surface area contributed by atoms with Crippen molar-refractivity contribution in [2.24, 2.45) is 0 Å². The number of nitrogens with one attached hydrogen (secondary N) is 2. The molecule has 2 N–H and O–H groups in total. The molecule has 200 valence electrons. The minimum absolute atomic E-state index is 0.0532. The minimum atomic E-state index is -1.76. The molecule has 1 unspecified atom stereocenters. The Morgan fingerprint density at radius 3 is 2.53 bits per heavy atom. The fourth-order valence-corrected chi connectivity index (χ4v) is 7.07. The number of aryl methyl sites for hydroxylation is 1. The van der Waals surface area contributed by atoms with Gasteiger partial charge in [-0.25, -0.2) is 4.39 Å². The van der Waals surface area contributed by atoms with Gasteiger partial charge in [0, 0.05) is 22.2 Å². The molecule has 2 heterocycles. The standard InChI is InChI=1S/C27H28FN3O5S2/c1-35-19-9-7-18(8-10-19)29-26(33)24-20-4-2-3-5-22(20)37-27(24)30-25(32)17-6-11-21(28)23(16-17)38(34)31-12-14-36-15-13-31/h6-11,16H,2-5,12-15H2,1H3,(H,29,33)(H,30,32). The van der Waals surface area contributed by atoms with Gasteiger partial charge in [-0.2, -0.15) is 0 Å². The highest BCUT2D eigenvalue weighted by molar-refractivity contribution is 7.89. The molecule has 0 bridgehead atoms. The maximum atomic E-state index is 14.6. The number of fused-ring (bicyclic) bond motifs is 1. The average molecular weight is 558 g/mol. The van der Waals surface area contributed by atoms with Crippen molar-refractivity contribution in [2.75, 3.05) is 44.0 Å². The first kappa shape index (κ1) is 26.6. The van der Waals surface area contributed by atoms with E-state index < -0.39 is 23.1 Å². The fourth-order valence-electron chi connectivity index (χ4n) is 4.57. The molecule has 1 fully saturated rings. The van der Waals surface area contributed by atoms with E-state index in [0.717, 1.165) is 42.2 Å². The fraction of sp³-hybridized carbons (Fsp3) is 0.333. The van der Waals surface area contributed by atoms with Crippen molar-refractivity contribution in [3.05, 3.63) is 69.8 Å². The van der Waals surface area contributed by atoms with E-state index in [-0.39, 0.29) is 16.4 Å². The zero-order chi connectivity index (χ0) is 26.6. The van der Waals surface area contributed by atoms with Crippen LogP contribution in [-0.2, 0) is 28.9 Å². The van der Waals surface area contributed by atoms with Gasteiger partial charge >= 0.3 is 0 Å². The molecule has 1 aromatic heterocycles. The van der Waals surface area contributed by atoms with Crippen LogP contribution in [0, 0.1) is 5.82 Å². The lowest BCUT2D eigenvalue weighted by Gasteiger charge is -2.27. The van der Waals surface area contributed by atoms with E-state index in [1.807, 2.05) is 0 Å². The summed E-state index contributed by atoms with van der Waals surface area (Å²) in [7, 11) is 1.57. The summed E-state index contributed by atoms with van der Waals surface area (Å²) in [6.07, 6.45) is 3.59. The number of amides is 2. The second-order valence-electron chi connectivity index (χ2n) is 8.99. The summed E-state index contributed by atoms with van der Waals surface area (Å²) >= 11 is -0.361. The van der Waals surface area contributed by atoms with Crippen LogP contribution in [0.4, 0.5) is 15.1 Å². The topological polar surface area (TPSA) is 103 Å². The van der Waals surface area contributed by atoms with E-state index in [9.17, 15) is 18.5 Å². The molecule has 1 aliphatic carbocycles. The number of thiophene rings is 1. The highest BCUT2D eigenvalue weighted by Gasteiger charge is 2.30. The molecule has 2 amide bonds. The zero-order valence-electron chi connectivity index (χ0n) is 20.9.